The van der Waals surface area contributed by atoms with E-state index >= 15 is 0 Å². The molecule has 4 rings (SSSR count). The molecule has 7 heteroatoms. The molecule has 0 aliphatic carbocycles. The lowest BCUT2D eigenvalue weighted by atomic mass is 10.0. The van der Waals surface area contributed by atoms with Gasteiger partial charge in [-0.3, -0.25) is 9.59 Å². The Bertz CT molecular complexity index is 1250. The molecule has 0 fully saturated rings. The Morgan fingerprint density at radius 1 is 0.862 bits per heavy atom. The minimum Gasteiger partial charge on any atom is -0.318 e. The Morgan fingerprint density at radius 2 is 1.62 bits per heavy atom. The van der Waals surface area contributed by atoms with E-state index in [1.54, 1.807) is 59.1 Å². The number of halogens is 3. The van der Waals surface area contributed by atoms with Crippen LogP contribution in [0.15, 0.2) is 72.9 Å². The minimum atomic E-state index is -0.812. The molecule has 0 atom stereocenters. The van der Waals surface area contributed by atoms with E-state index in [9.17, 15) is 9.59 Å². The molecule has 0 radical (unpaired) electrons. The number of benzene rings is 2. The maximum Gasteiger partial charge on any atom is 0.298 e. The molecule has 4 nitrogen and oxygen atoms in total. The summed E-state index contributed by atoms with van der Waals surface area (Å²) in [6.45, 7) is 0. The highest BCUT2D eigenvalue weighted by atomic mass is 35.5. The van der Waals surface area contributed by atoms with Gasteiger partial charge in [0.25, 0.3) is 11.7 Å². The lowest BCUT2D eigenvalue weighted by Gasteiger charge is -2.09. The number of amides is 1. The molecule has 0 aliphatic rings. The average Bonchev–Trinajstić information content (AvgIpc) is 3.10. The lowest BCUT2D eigenvalue weighted by Crippen LogP contribution is -2.24. The molecule has 2 aromatic heterocycles. The number of aromatic nitrogens is 1. The zero-order valence-electron chi connectivity index (χ0n) is 14.8. The van der Waals surface area contributed by atoms with Crippen molar-refractivity contribution in [3.8, 4) is 11.1 Å². The summed E-state index contributed by atoms with van der Waals surface area (Å²) in [5.74, 6) is -1.51. The van der Waals surface area contributed by atoms with Crippen LogP contribution in [0.2, 0.25) is 15.1 Å². The topological polar surface area (TPSA) is 50.6 Å². The van der Waals surface area contributed by atoms with Crippen LogP contribution in [0.1, 0.15) is 10.5 Å². The summed E-state index contributed by atoms with van der Waals surface area (Å²) in [6.07, 6.45) is 1.74. The number of nitrogens with zero attached hydrogens (tertiary/aromatic N) is 1. The van der Waals surface area contributed by atoms with E-state index < -0.39 is 11.7 Å². The Hall–Kier alpha value is -2.79. The summed E-state index contributed by atoms with van der Waals surface area (Å²) >= 11 is 18.1. The van der Waals surface area contributed by atoms with Crippen molar-refractivity contribution in [3.63, 3.8) is 0 Å². The van der Waals surface area contributed by atoms with E-state index in [-0.39, 0.29) is 21.4 Å². The Balaban J connectivity index is 1.78. The fourth-order valence-corrected chi connectivity index (χ4v) is 3.57. The summed E-state index contributed by atoms with van der Waals surface area (Å²) in [5.41, 5.74) is 2.71. The summed E-state index contributed by atoms with van der Waals surface area (Å²) in [6, 6.07) is 19.3. The summed E-state index contributed by atoms with van der Waals surface area (Å²) in [5, 5.41) is 3.59. The Labute approximate surface area is 181 Å². The Kier molecular flexibility index (Phi) is 5.33. The molecule has 0 saturated heterocycles. The zero-order valence-corrected chi connectivity index (χ0v) is 17.1. The number of ketones is 1. The van der Waals surface area contributed by atoms with Gasteiger partial charge in [0.1, 0.15) is 5.69 Å². The number of rotatable bonds is 4. The highest BCUT2D eigenvalue weighted by Gasteiger charge is 2.25. The van der Waals surface area contributed by atoms with Gasteiger partial charge in [0.15, 0.2) is 0 Å². The van der Waals surface area contributed by atoms with Crippen molar-refractivity contribution in [3.05, 3.63) is 93.7 Å². The fourth-order valence-electron chi connectivity index (χ4n) is 3.09. The van der Waals surface area contributed by atoms with Crippen LogP contribution in [0.5, 0.6) is 0 Å². The number of carbonyl (C=O) groups is 2. The van der Waals surface area contributed by atoms with Gasteiger partial charge in [-0.1, -0.05) is 59.1 Å². The third-order valence-corrected chi connectivity index (χ3v) is 5.53. The maximum absolute atomic E-state index is 13.1. The van der Waals surface area contributed by atoms with Gasteiger partial charge in [-0.2, -0.15) is 0 Å². The van der Waals surface area contributed by atoms with Crippen LogP contribution < -0.4 is 5.32 Å². The van der Waals surface area contributed by atoms with E-state index in [2.05, 4.69) is 5.32 Å². The van der Waals surface area contributed by atoms with Crippen LogP contribution in [0.25, 0.3) is 16.6 Å². The summed E-state index contributed by atoms with van der Waals surface area (Å²) in [7, 11) is 0. The number of hydrogen-bond donors (Lipinski definition) is 1. The molecular formula is C22H13Cl3N2O2. The highest BCUT2D eigenvalue weighted by Crippen LogP contribution is 2.31. The van der Waals surface area contributed by atoms with Crippen molar-refractivity contribution in [2.75, 3.05) is 5.32 Å². The second-order valence-electron chi connectivity index (χ2n) is 6.29. The maximum atomic E-state index is 13.1. The molecule has 0 bridgehead atoms. The third-order valence-electron chi connectivity index (χ3n) is 4.46. The molecule has 29 heavy (non-hydrogen) atoms. The van der Waals surface area contributed by atoms with E-state index in [0.717, 1.165) is 11.1 Å². The standard InChI is InChI=1S/C22H13Cl3N2O2/c23-14-9-7-13(8-10-14)16-12-15-4-1-2-11-27(15)20(16)21(28)22(29)26-18-6-3-5-17(24)19(18)25/h1-12H,(H,26,29). The predicted octanol–water partition coefficient (Wildman–Crippen LogP) is 6.39. The molecule has 0 saturated carbocycles. The molecule has 0 unspecified atom stereocenters. The SMILES string of the molecule is O=C(Nc1cccc(Cl)c1Cl)C(=O)c1c(-c2ccc(Cl)cc2)cc2ccccn12. The number of hydrogen-bond acceptors (Lipinski definition) is 2. The number of Topliss-reactive ketones (excluding diaryl/α,β-unsaturated/α-hetero) is 1. The van der Waals surface area contributed by atoms with Gasteiger partial charge in [-0.05, 0) is 48.0 Å². The predicted molar refractivity (Wildman–Crippen MR) is 117 cm³/mol. The second-order valence-corrected chi connectivity index (χ2v) is 7.52. The van der Waals surface area contributed by atoms with Crippen molar-refractivity contribution in [2.24, 2.45) is 0 Å². The molecule has 0 spiro atoms. The molecule has 144 valence electrons. The number of pyridine rings is 1. The van der Waals surface area contributed by atoms with Gasteiger partial charge in [0.05, 0.1) is 15.7 Å². The molecule has 1 amide bonds. The average molecular weight is 444 g/mol. The van der Waals surface area contributed by atoms with E-state index in [1.807, 2.05) is 18.2 Å². The van der Waals surface area contributed by atoms with Crippen LogP contribution in [-0.4, -0.2) is 16.1 Å². The molecule has 1 N–H and O–H groups in total. The molecule has 2 heterocycles. The van der Waals surface area contributed by atoms with Crippen LogP contribution >= 0.6 is 34.8 Å². The highest BCUT2D eigenvalue weighted by molar-refractivity contribution is 6.49. The first-order valence-corrected chi connectivity index (χ1v) is 9.75. The first-order valence-electron chi connectivity index (χ1n) is 8.61. The van der Waals surface area contributed by atoms with Crippen LogP contribution in [0, 0.1) is 0 Å². The van der Waals surface area contributed by atoms with Gasteiger partial charge in [-0.15, -0.1) is 0 Å². The van der Waals surface area contributed by atoms with Crippen LogP contribution in [0.4, 0.5) is 5.69 Å². The Morgan fingerprint density at radius 3 is 2.38 bits per heavy atom. The molecular weight excluding hydrogens is 431 g/mol. The van der Waals surface area contributed by atoms with Crippen molar-refractivity contribution < 1.29 is 9.59 Å². The van der Waals surface area contributed by atoms with Gasteiger partial charge >= 0.3 is 0 Å². The monoisotopic (exact) mass is 442 g/mol. The van der Waals surface area contributed by atoms with Gasteiger partial charge in [0.2, 0.25) is 0 Å². The van der Waals surface area contributed by atoms with Crippen LogP contribution in [-0.2, 0) is 4.79 Å². The zero-order chi connectivity index (χ0) is 20.5. The number of anilines is 1. The van der Waals surface area contributed by atoms with Crippen LogP contribution in [0.3, 0.4) is 0 Å². The second kappa shape index (κ2) is 7.91. The smallest absolute Gasteiger partial charge is 0.298 e. The molecule has 2 aromatic carbocycles. The van der Waals surface area contributed by atoms with E-state index in [4.69, 9.17) is 34.8 Å². The number of carbonyl (C=O) groups excluding carboxylic acids is 2. The van der Waals surface area contributed by atoms with Gasteiger partial charge in [0, 0.05) is 22.3 Å². The summed E-state index contributed by atoms with van der Waals surface area (Å²) < 4.78 is 1.69. The third kappa shape index (κ3) is 3.75. The largest absolute Gasteiger partial charge is 0.318 e. The number of nitrogens with one attached hydrogen (secondary N) is 1. The van der Waals surface area contributed by atoms with Gasteiger partial charge in [-0.25, -0.2) is 0 Å². The van der Waals surface area contributed by atoms with E-state index in [1.165, 1.54) is 0 Å². The lowest BCUT2D eigenvalue weighted by molar-refractivity contribution is -0.112. The molecule has 4 aromatic rings. The summed E-state index contributed by atoms with van der Waals surface area (Å²) in [4.78, 5) is 25.9. The van der Waals surface area contributed by atoms with Gasteiger partial charge < -0.3 is 9.72 Å². The van der Waals surface area contributed by atoms with Crippen molar-refractivity contribution in [2.45, 2.75) is 0 Å². The fraction of sp³-hybridized carbons (Fsp3) is 0. The number of fused-ring (bicyclic) bond motifs is 1. The minimum absolute atomic E-state index is 0.174. The van der Waals surface area contributed by atoms with Crippen molar-refractivity contribution >= 4 is 57.7 Å². The van der Waals surface area contributed by atoms with Crippen molar-refractivity contribution in [1.29, 1.82) is 0 Å². The van der Waals surface area contributed by atoms with Crippen molar-refractivity contribution in [1.82, 2.24) is 4.40 Å². The first-order chi connectivity index (χ1) is 14.0. The first kappa shape index (κ1) is 19.5. The normalized spacial score (nSPS) is 10.9. The quantitative estimate of drug-likeness (QED) is 0.293. The molecule has 0 aliphatic heterocycles. The van der Waals surface area contributed by atoms with E-state index in [0.29, 0.717) is 10.6 Å².